The Hall–Kier alpha value is -0.780. The lowest BCUT2D eigenvalue weighted by Crippen LogP contribution is -2.35. The number of carbonyl (C=O) groups excluding carboxylic acids is 1. The van der Waals surface area contributed by atoms with E-state index in [1.807, 2.05) is 24.0 Å². The Morgan fingerprint density at radius 1 is 1.53 bits per heavy atom. The number of halogens is 2. The Balaban J connectivity index is 0.00000162. The molecular formula is C12H22Cl2N4O. The van der Waals surface area contributed by atoms with Crippen molar-refractivity contribution in [1.82, 2.24) is 20.0 Å². The maximum absolute atomic E-state index is 11.9. The van der Waals surface area contributed by atoms with Crippen molar-refractivity contribution in [2.45, 2.75) is 31.8 Å². The first kappa shape index (κ1) is 18.2. The lowest BCUT2D eigenvalue weighted by molar-refractivity contribution is -0.130. The summed E-state index contributed by atoms with van der Waals surface area (Å²) >= 11 is 0. The molecule has 2 rings (SSSR count). The van der Waals surface area contributed by atoms with Crippen LogP contribution in [0.1, 0.15) is 19.3 Å². The van der Waals surface area contributed by atoms with Crippen LogP contribution in [-0.4, -0.2) is 46.8 Å². The van der Waals surface area contributed by atoms with Crippen LogP contribution in [0.25, 0.3) is 0 Å². The van der Waals surface area contributed by atoms with Crippen molar-refractivity contribution in [3.63, 3.8) is 0 Å². The molecule has 1 N–H and O–H groups in total. The molecule has 1 fully saturated rings. The second-order valence-corrected chi connectivity index (χ2v) is 4.58. The van der Waals surface area contributed by atoms with Gasteiger partial charge in [0.15, 0.2) is 0 Å². The van der Waals surface area contributed by atoms with E-state index in [0.717, 1.165) is 19.5 Å². The fourth-order valence-corrected chi connectivity index (χ4v) is 2.11. The quantitative estimate of drug-likeness (QED) is 0.893. The molecule has 19 heavy (non-hydrogen) atoms. The highest BCUT2D eigenvalue weighted by molar-refractivity contribution is 5.85. The summed E-state index contributed by atoms with van der Waals surface area (Å²) < 4.78 is 1.84. The minimum absolute atomic E-state index is 0. The number of rotatable bonds is 5. The van der Waals surface area contributed by atoms with Gasteiger partial charge in [0.1, 0.15) is 0 Å². The number of amides is 1. The predicted octanol–water partition coefficient (Wildman–Crippen LogP) is 1.33. The standard InChI is InChI=1S/C12H20N4O.2ClH/c1-15(8-9-16-7-3-6-14-16)12(17)10-11-4-2-5-13-11;;/h3,6-7,11,13H,2,4-5,8-10H2,1H3;2*1H. The van der Waals surface area contributed by atoms with Crippen LogP contribution in [0.15, 0.2) is 18.5 Å². The molecular weight excluding hydrogens is 287 g/mol. The van der Waals surface area contributed by atoms with E-state index in [1.54, 1.807) is 11.1 Å². The van der Waals surface area contributed by atoms with Gasteiger partial charge in [-0.2, -0.15) is 5.10 Å². The van der Waals surface area contributed by atoms with E-state index in [2.05, 4.69) is 10.4 Å². The molecule has 110 valence electrons. The summed E-state index contributed by atoms with van der Waals surface area (Å²) in [5.74, 6) is 0.219. The van der Waals surface area contributed by atoms with Crippen LogP contribution in [0.4, 0.5) is 0 Å². The normalized spacial score (nSPS) is 17.4. The first-order valence-corrected chi connectivity index (χ1v) is 6.20. The predicted molar refractivity (Wildman–Crippen MR) is 80.0 cm³/mol. The first-order valence-electron chi connectivity index (χ1n) is 6.20. The zero-order chi connectivity index (χ0) is 12.1. The highest BCUT2D eigenvalue weighted by Crippen LogP contribution is 2.09. The maximum Gasteiger partial charge on any atom is 0.223 e. The van der Waals surface area contributed by atoms with Crippen LogP contribution < -0.4 is 5.32 Å². The molecule has 1 aromatic heterocycles. The van der Waals surface area contributed by atoms with Gasteiger partial charge in [-0.05, 0) is 25.5 Å². The molecule has 1 saturated heterocycles. The SMILES string of the molecule is CN(CCn1cccn1)C(=O)CC1CCCN1.Cl.Cl. The lowest BCUT2D eigenvalue weighted by Gasteiger charge is -2.19. The zero-order valence-electron chi connectivity index (χ0n) is 11.1. The molecule has 2 heterocycles. The molecule has 1 unspecified atom stereocenters. The van der Waals surface area contributed by atoms with Gasteiger partial charge in [0.2, 0.25) is 5.91 Å². The number of likely N-dealkylation sites (N-methyl/N-ethyl adjacent to an activating group) is 1. The van der Waals surface area contributed by atoms with Crippen LogP contribution >= 0.6 is 24.8 Å². The van der Waals surface area contributed by atoms with Gasteiger partial charge in [0.05, 0.1) is 6.54 Å². The van der Waals surface area contributed by atoms with Gasteiger partial charge in [0.25, 0.3) is 0 Å². The number of hydrogen-bond donors (Lipinski definition) is 1. The van der Waals surface area contributed by atoms with Crippen molar-refractivity contribution in [3.05, 3.63) is 18.5 Å². The molecule has 0 radical (unpaired) electrons. The molecule has 0 aromatic carbocycles. The van der Waals surface area contributed by atoms with E-state index in [0.29, 0.717) is 19.0 Å². The third kappa shape index (κ3) is 5.80. The highest BCUT2D eigenvalue weighted by Gasteiger charge is 2.19. The third-order valence-corrected chi connectivity index (χ3v) is 3.23. The minimum Gasteiger partial charge on any atom is -0.344 e. The Labute approximate surface area is 126 Å². The van der Waals surface area contributed by atoms with E-state index >= 15 is 0 Å². The summed E-state index contributed by atoms with van der Waals surface area (Å²) in [5.41, 5.74) is 0. The van der Waals surface area contributed by atoms with E-state index in [9.17, 15) is 4.79 Å². The molecule has 0 aliphatic carbocycles. The second-order valence-electron chi connectivity index (χ2n) is 4.58. The number of nitrogens with zero attached hydrogens (tertiary/aromatic N) is 3. The van der Waals surface area contributed by atoms with Crippen molar-refractivity contribution in [2.24, 2.45) is 0 Å². The molecule has 0 saturated carbocycles. The fourth-order valence-electron chi connectivity index (χ4n) is 2.11. The van der Waals surface area contributed by atoms with Crippen LogP contribution in [0, 0.1) is 0 Å². The van der Waals surface area contributed by atoms with Gasteiger partial charge < -0.3 is 10.2 Å². The number of hydrogen-bond acceptors (Lipinski definition) is 3. The molecule has 1 aliphatic rings. The molecule has 1 amide bonds. The van der Waals surface area contributed by atoms with E-state index in [4.69, 9.17) is 0 Å². The lowest BCUT2D eigenvalue weighted by atomic mass is 10.1. The van der Waals surface area contributed by atoms with Gasteiger partial charge in [0, 0.05) is 38.4 Å². The van der Waals surface area contributed by atoms with Crippen LogP contribution in [0.2, 0.25) is 0 Å². The number of aromatic nitrogens is 2. The number of nitrogens with one attached hydrogen (secondary N) is 1. The smallest absolute Gasteiger partial charge is 0.223 e. The fraction of sp³-hybridized carbons (Fsp3) is 0.667. The first-order chi connectivity index (χ1) is 8.25. The van der Waals surface area contributed by atoms with Crippen LogP contribution in [0.3, 0.4) is 0 Å². The summed E-state index contributed by atoms with van der Waals surface area (Å²) in [5, 5.41) is 7.46. The van der Waals surface area contributed by atoms with Crippen molar-refractivity contribution in [2.75, 3.05) is 20.1 Å². The maximum atomic E-state index is 11.9. The second kappa shape index (κ2) is 9.18. The largest absolute Gasteiger partial charge is 0.344 e. The summed E-state index contributed by atoms with van der Waals surface area (Å²) in [6.07, 6.45) is 6.60. The van der Waals surface area contributed by atoms with Crippen molar-refractivity contribution >= 4 is 30.7 Å². The molecule has 1 atom stereocenters. The molecule has 0 bridgehead atoms. The monoisotopic (exact) mass is 308 g/mol. The van der Waals surface area contributed by atoms with Gasteiger partial charge in [-0.3, -0.25) is 9.48 Å². The Morgan fingerprint density at radius 3 is 2.89 bits per heavy atom. The topological polar surface area (TPSA) is 50.2 Å². The molecule has 7 heteroatoms. The molecule has 1 aliphatic heterocycles. The zero-order valence-corrected chi connectivity index (χ0v) is 12.8. The third-order valence-electron chi connectivity index (χ3n) is 3.23. The van der Waals surface area contributed by atoms with Crippen LogP contribution in [0.5, 0.6) is 0 Å². The van der Waals surface area contributed by atoms with E-state index in [1.165, 1.54) is 6.42 Å². The van der Waals surface area contributed by atoms with Crippen molar-refractivity contribution in [3.8, 4) is 0 Å². The van der Waals surface area contributed by atoms with E-state index < -0.39 is 0 Å². The summed E-state index contributed by atoms with van der Waals surface area (Å²) in [6, 6.07) is 2.28. The molecule has 1 aromatic rings. The minimum atomic E-state index is 0. The molecule has 5 nitrogen and oxygen atoms in total. The summed E-state index contributed by atoms with van der Waals surface area (Å²) in [6.45, 7) is 2.52. The average Bonchev–Trinajstić information content (AvgIpc) is 2.98. The van der Waals surface area contributed by atoms with Gasteiger partial charge in [-0.15, -0.1) is 24.8 Å². The van der Waals surface area contributed by atoms with Crippen molar-refractivity contribution in [1.29, 1.82) is 0 Å². The Kier molecular flexibility index (Phi) is 8.80. The van der Waals surface area contributed by atoms with Gasteiger partial charge in [-0.1, -0.05) is 0 Å². The van der Waals surface area contributed by atoms with Crippen LogP contribution in [-0.2, 0) is 11.3 Å². The average molecular weight is 309 g/mol. The van der Waals surface area contributed by atoms with E-state index in [-0.39, 0.29) is 30.7 Å². The van der Waals surface area contributed by atoms with Gasteiger partial charge >= 0.3 is 0 Å². The Bertz CT molecular complexity index is 353. The number of carbonyl (C=O) groups is 1. The summed E-state index contributed by atoms with van der Waals surface area (Å²) in [7, 11) is 1.86. The van der Waals surface area contributed by atoms with Crippen molar-refractivity contribution < 1.29 is 4.79 Å². The highest BCUT2D eigenvalue weighted by atomic mass is 35.5. The Morgan fingerprint density at radius 2 is 2.32 bits per heavy atom. The van der Waals surface area contributed by atoms with Gasteiger partial charge in [-0.25, -0.2) is 0 Å². The molecule has 0 spiro atoms. The summed E-state index contributed by atoms with van der Waals surface area (Å²) in [4.78, 5) is 13.7.